The second-order valence-corrected chi connectivity index (χ2v) is 6.37. The fraction of sp³-hybridized carbons (Fsp3) is 0.0909. The molecule has 0 aliphatic rings. The number of aromatic amines is 1. The lowest BCUT2D eigenvalue weighted by Gasteiger charge is -2.07. The van der Waals surface area contributed by atoms with Crippen LogP contribution in [-0.4, -0.2) is 22.7 Å². The van der Waals surface area contributed by atoms with Gasteiger partial charge in [0.15, 0.2) is 5.82 Å². The molecule has 5 nitrogen and oxygen atoms in total. The van der Waals surface area contributed by atoms with Crippen molar-refractivity contribution in [2.45, 2.75) is 6.92 Å². The Hall–Kier alpha value is -3.74. The van der Waals surface area contributed by atoms with Crippen molar-refractivity contribution in [3.63, 3.8) is 0 Å². The predicted octanol–water partition coefficient (Wildman–Crippen LogP) is 5.16. The number of amides is 1. The summed E-state index contributed by atoms with van der Waals surface area (Å²) < 4.78 is 32.4. The molecule has 0 bridgehead atoms. The van der Waals surface area contributed by atoms with Crippen molar-refractivity contribution in [1.29, 1.82) is 0 Å². The molecule has 0 saturated carbocycles. The third kappa shape index (κ3) is 3.80. The van der Waals surface area contributed by atoms with E-state index in [1.165, 1.54) is 0 Å². The molecule has 0 radical (unpaired) electrons. The summed E-state index contributed by atoms with van der Waals surface area (Å²) in [6.07, 6.45) is 0. The Morgan fingerprint density at radius 1 is 1.07 bits per heavy atom. The van der Waals surface area contributed by atoms with Gasteiger partial charge < -0.3 is 10.1 Å². The molecule has 0 atom stereocenters. The number of carbonyl (C=O) groups excluding carboxylic acids is 1. The highest BCUT2D eigenvalue weighted by molar-refractivity contribution is 6.08. The third-order valence-electron chi connectivity index (χ3n) is 4.45. The Morgan fingerprint density at radius 2 is 1.90 bits per heavy atom. The molecule has 0 saturated heterocycles. The monoisotopic (exact) mass is 393 g/mol. The zero-order valence-corrected chi connectivity index (χ0v) is 15.5. The van der Waals surface area contributed by atoms with Gasteiger partial charge in [0.05, 0.1) is 17.7 Å². The Balaban J connectivity index is 1.61. The quantitative estimate of drug-likeness (QED) is 0.492. The fourth-order valence-electron chi connectivity index (χ4n) is 3.08. The molecule has 0 spiro atoms. The first-order valence-corrected chi connectivity index (χ1v) is 9.03. The van der Waals surface area contributed by atoms with Crippen LogP contribution < -0.4 is 10.1 Å². The second kappa shape index (κ2) is 7.71. The average Bonchev–Trinajstić information content (AvgIpc) is 3.10. The van der Waals surface area contributed by atoms with Gasteiger partial charge in [0.25, 0.3) is 5.91 Å². The molecule has 3 aromatic carbocycles. The van der Waals surface area contributed by atoms with Gasteiger partial charge in [0.2, 0.25) is 0 Å². The second-order valence-electron chi connectivity index (χ2n) is 6.37. The van der Waals surface area contributed by atoms with Crippen molar-refractivity contribution in [2.24, 2.45) is 0 Å². The van der Waals surface area contributed by atoms with Gasteiger partial charge in [-0.25, -0.2) is 8.78 Å². The van der Waals surface area contributed by atoms with Crippen LogP contribution in [-0.2, 0) is 0 Å². The number of aromatic nitrogens is 2. The molecule has 0 unspecified atom stereocenters. The number of nitrogens with zero attached hydrogens (tertiary/aromatic N) is 1. The number of rotatable bonds is 5. The van der Waals surface area contributed by atoms with Gasteiger partial charge >= 0.3 is 0 Å². The van der Waals surface area contributed by atoms with Crippen LogP contribution in [0.5, 0.6) is 5.75 Å². The maximum Gasteiger partial charge on any atom is 0.259 e. The van der Waals surface area contributed by atoms with Crippen molar-refractivity contribution in [3.05, 3.63) is 77.9 Å². The van der Waals surface area contributed by atoms with E-state index in [0.717, 1.165) is 29.0 Å². The highest BCUT2D eigenvalue weighted by Crippen LogP contribution is 2.29. The first kappa shape index (κ1) is 18.6. The zero-order valence-electron chi connectivity index (χ0n) is 15.5. The topological polar surface area (TPSA) is 67.0 Å². The van der Waals surface area contributed by atoms with Gasteiger partial charge in [-0.3, -0.25) is 9.89 Å². The summed E-state index contributed by atoms with van der Waals surface area (Å²) in [5, 5.41) is 10.2. The number of hydrogen-bond donors (Lipinski definition) is 2. The summed E-state index contributed by atoms with van der Waals surface area (Å²) in [5.74, 6) is -1.33. The van der Waals surface area contributed by atoms with Gasteiger partial charge in [-0.2, -0.15) is 5.10 Å². The Morgan fingerprint density at radius 3 is 2.69 bits per heavy atom. The van der Waals surface area contributed by atoms with E-state index in [-0.39, 0.29) is 11.4 Å². The number of carbonyl (C=O) groups is 1. The van der Waals surface area contributed by atoms with E-state index < -0.39 is 17.5 Å². The number of nitrogens with one attached hydrogen (secondary N) is 2. The molecule has 1 aromatic heterocycles. The molecule has 4 rings (SSSR count). The number of halogens is 2. The molecule has 1 heterocycles. The molecule has 0 aliphatic carbocycles. The predicted molar refractivity (Wildman–Crippen MR) is 107 cm³/mol. The van der Waals surface area contributed by atoms with Crippen molar-refractivity contribution < 1.29 is 18.3 Å². The number of fused-ring (bicyclic) bond motifs is 1. The largest absolute Gasteiger partial charge is 0.494 e. The number of benzene rings is 3. The maximum absolute atomic E-state index is 13.8. The number of hydrogen-bond acceptors (Lipinski definition) is 3. The van der Waals surface area contributed by atoms with Crippen LogP contribution in [0.3, 0.4) is 0 Å². The first-order chi connectivity index (χ1) is 14.0. The summed E-state index contributed by atoms with van der Waals surface area (Å²) in [4.78, 5) is 12.3. The number of ether oxygens (including phenoxy) is 1. The lowest BCUT2D eigenvalue weighted by atomic mass is 10.0. The molecule has 29 heavy (non-hydrogen) atoms. The molecular formula is C22H17F2N3O2. The van der Waals surface area contributed by atoms with E-state index >= 15 is 0 Å². The van der Waals surface area contributed by atoms with Crippen LogP contribution in [0.1, 0.15) is 17.3 Å². The van der Waals surface area contributed by atoms with Crippen molar-refractivity contribution in [1.82, 2.24) is 10.2 Å². The Kier molecular flexibility index (Phi) is 4.95. The van der Waals surface area contributed by atoms with E-state index in [1.807, 2.05) is 49.4 Å². The van der Waals surface area contributed by atoms with Crippen LogP contribution in [0.2, 0.25) is 0 Å². The van der Waals surface area contributed by atoms with Gasteiger partial charge in [-0.1, -0.05) is 18.2 Å². The maximum atomic E-state index is 13.8. The smallest absolute Gasteiger partial charge is 0.259 e. The highest BCUT2D eigenvalue weighted by atomic mass is 19.1. The SMILES string of the molecule is CCOc1cccc(-c2ccc3c(NC(=O)c4ccc(F)cc4F)n[nH]c3c2)c1. The molecule has 2 N–H and O–H groups in total. The van der Waals surface area contributed by atoms with Crippen LogP contribution in [0.4, 0.5) is 14.6 Å². The van der Waals surface area contributed by atoms with E-state index in [4.69, 9.17) is 4.74 Å². The molecule has 7 heteroatoms. The van der Waals surface area contributed by atoms with Crippen molar-refractivity contribution in [2.75, 3.05) is 11.9 Å². The van der Waals surface area contributed by atoms with Crippen LogP contribution in [0.25, 0.3) is 22.0 Å². The van der Waals surface area contributed by atoms with Gasteiger partial charge in [0, 0.05) is 11.5 Å². The molecule has 4 aromatic rings. The van der Waals surface area contributed by atoms with Gasteiger partial charge in [0.1, 0.15) is 17.4 Å². The molecule has 1 amide bonds. The molecule has 0 aliphatic heterocycles. The van der Waals surface area contributed by atoms with Crippen LogP contribution in [0, 0.1) is 11.6 Å². The minimum Gasteiger partial charge on any atom is -0.494 e. The van der Waals surface area contributed by atoms with Gasteiger partial charge in [-0.15, -0.1) is 0 Å². The normalized spacial score (nSPS) is 10.9. The summed E-state index contributed by atoms with van der Waals surface area (Å²) >= 11 is 0. The lowest BCUT2D eigenvalue weighted by molar-refractivity contribution is 0.102. The summed E-state index contributed by atoms with van der Waals surface area (Å²) in [5.41, 5.74) is 2.38. The molecule has 0 fully saturated rings. The van der Waals surface area contributed by atoms with E-state index in [1.54, 1.807) is 0 Å². The Labute approximate surface area is 165 Å². The zero-order chi connectivity index (χ0) is 20.4. The molecular weight excluding hydrogens is 376 g/mol. The average molecular weight is 393 g/mol. The van der Waals surface area contributed by atoms with Crippen LogP contribution >= 0.6 is 0 Å². The minimum absolute atomic E-state index is 0.257. The van der Waals surface area contributed by atoms with E-state index in [2.05, 4.69) is 15.5 Å². The highest BCUT2D eigenvalue weighted by Gasteiger charge is 2.16. The molecule has 146 valence electrons. The fourth-order valence-corrected chi connectivity index (χ4v) is 3.08. The number of anilines is 1. The summed E-state index contributed by atoms with van der Waals surface area (Å²) in [6, 6.07) is 16.1. The van der Waals surface area contributed by atoms with E-state index in [9.17, 15) is 13.6 Å². The summed E-state index contributed by atoms with van der Waals surface area (Å²) in [7, 11) is 0. The standard InChI is InChI=1S/C22H17F2N3O2/c1-2-29-16-5-3-4-13(10-16)14-6-8-18-20(11-14)26-27-21(18)25-22(28)17-9-7-15(23)12-19(17)24/h3-12H,2H2,1H3,(H2,25,26,27,28). The Bertz CT molecular complexity index is 1200. The van der Waals surface area contributed by atoms with Crippen LogP contribution in [0.15, 0.2) is 60.7 Å². The minimum atomic E-state index is -0.932. The van der Waals surface area contributed by atoms with E-state index in [0.29, 0.717) is 23.6 Å². The first-order valence-electron chi connectivity index (χ1n) is 9.03. The lowest BCUT2D eigenvalue weighted by Crippen LogP contribution is -2.14. The summed E-state index contributed by atoms with van der Waals surface area (Å²) in [6.45, 7) is 2.51. The number of H-pyrrole nitrogens is 1. The van der Waals surface area contributed by atoms with Crippen molar-refractivity contribution in [3.8, 4) is 16.9 Å². The van der Waals surface area contributed by atoms with Gasteiger partial charge in [-0.05, 0) is 54.4 Å². The third-order valence-corrected chi connectivity index (χ3v) is 4.45. The van der Waals surface area contributed by atoms with Crippen molar-refractivity contribution >= 4 is 22.6 Å².